The van der Waals surface area contributed by atoms with Gasteiger partial charge in [0.15, 0.2) is 0 Å². The molecule has 0 bridgehead atoms. The zero-order chi connectivity index (χ0) is 13.8. The van der Waals surface area contributed by atoms with Crippen LogP contribution >= 0.6 is 12.4 Å². The van der Waals surface area contributed by atoms with Gasteiger partial charge in [-0.3, -0.25) is 0 Å². The number of hydrogen-bond acceptors (Lipinski definition) is 2. The van der Waals surface area contributed by atoms with Crippen LogP contribution in [-0.2, 0) is 6.54 Å². The van der Waals surface area contributed by atoms with E-state index in [9.17, 15) is 0 Å². The maximum absolute atomic E-state index is 5.71. The van der Waals surface area contributed by atoms with Crippen LogP contribution in [0.15, 0.2) is 42.5 Å². The highest BCUT2D eigenvalue weighted by Gasteiger charge is 2.10. The van der Waals surface area contributed by atoms with E-state index in [1.54, 1.807) is 7.11 Å². The number of rotatable bonds is 4. The molecule has 0 saturated carbocycles. The van der Waals surface area contributed by atoms with Gasteiger partial charge in [-0.25, -0.2) is 0 Å². The highest BCUT2D eigenvalue weighted by atomic mass is 35.5. The third-order valence-electron chi connectivity index (χ3n) is 3.40. The van der Waals surface area contributed by atoms with Crippen LogP contribution in [0.4, 0.5) is 0 Å². The molecule has 0 heterocycles. The fourth-order valence-corrected chi connectivity index (χ4v) is 2.34. The quantitative estimate of drug-likeness (QED) is 0.908. The van der Waals surface area contributed by atoms with Crippen LogP contribution in [0, 0.1) is 0 Å². The normalized spacial score (nSPS) is 10.2. The molecule has 0 atom stereocenters. The summed E-state index contributed by atoms with van der Waals surface area (Å²) in [5.41, 5.74) is 10.5. The maximum Gasteiger partial charge on any atom is 0.123 e. The lowest BCUT2D eigenvalue weighted by atomic mass is 9.92. The van der Waals surface area contributed by atoms with Crippen molar-refractivity contribution in [2.24, 2.45) is 5.73 Å². The zero-order valence-corrected chi connectivity index (χ0v) is 13.0. The van der Waals surface area contributed by atoms with Crippen LogP contribution in [-0.4, -0.2) is 7.11 Å². The molecule has 108 valence electrons. The van der Waals surface area contributed by atoms with Gasteiger partial charge in [0.1, 0.15) is 5.75 Å². The molecule has 2 aromatic carbocycles. The Hall–Kier alpha value is -1.51. The number of halogens is 1. The molecule has 20 heavy (non-hydrogen) atoms. The molecule has 2 aromatic rings. The Morgan fingerprint density at radius 1 is 1.10 bits per heavy atom. The van der Waals surface area contributed by atoms with E-state index in [2.05, 4.69) is 50.2 Å². The van der Waals surface area contributed by atoms with Crippen molar-refractivity contribution in [2.75, 3.05) is 7.11 Å². The van der Waals surface area contributed by atoms with Crippen molar-refractivity contribution in [3.05, 3.63) is 53.6 Å². The van der Waals surface area contributed by atoms with E-state index in [0.29, 0.717) is 12.5 Å². The zero-order valence-electron chi connectivity index (χ0n) is 12.2. The summed E-state index contributed by atoms with van der Waals surface area (Å²) >= 11 is 0. The van der Waals surface area contributed by atoms with Gasteiger partial charge in [-0.15, -0.1) is 12.4 Å². The summed E-state index contributed by atoms with van der Waals surface area (Å²) < 4.78 is 5.42. The third-order valence-corrected chi connectivity index (χ3v) is 3.40. The molecule has 0 unspecified atom stereocenters. The largest absolute Gasteiger partial charge is 0.496 e. The third kappa shape index (κ3) is 3.33. The summed E-state index contributed by atoms with van der Waals surface area (Å²) in [7, 11) is 1.69. The number of methoxy groups -OCH3 is 1. The fourth-order valence-electron chi connectivity index (χ4n) is 2.34. The predicted molar refractivity (Wildman–Crippen MR) is 87.7 cm³/mol. The number of nitrogens with two attached hydrogens (primary N) is 1. The molecule has 0 amide bonds. The summed E-state index contributed by atoms with van der Waals surface area (Å²) in [5, 5.41) is 0. The van der Waals surface area contributed by atoms with Crippen LogP contribution in [0.1, 0.15) is 30.9 Å². The Balaban J connectivity index is 0.00000200. The van der Waals surface area contributed by atoms with Gasteiger partial charge < -0.3 is 10.5 Å². The van der Waals surface area contributed by atoms with Crippen molar-refractivity contribution in [1.82, 2.24) is 0 Å². The minimum absolute atomic E-state index is 0. The SMILES string of the molecule is COc1cc(-c2ccccc2C(C)C)ccc1CN.Cl. The lowest BCUT2D eigenvalue weighted by Crippen LogP contribution is -2.00. The standard InChI is InChI=1S/C17H21NO.ClH/c1-12(2)15-6-4-5-7-16(15)13-8-9-14(11-18)17(10-13)19-3;/h4-10,12H,11,18H2,1-3H3;1H. The Morgan fingerprint density at radius 2 is 1.80 bits per heavy atom. The molecule has 0 aliphatic carbocycles. The Kier molecular flexibility index (Phi) is 6.05. The van der Waals surface area contributed by atoms with Gasteiger partial charge in [0.25, 0.3) is 0 Å². The molecule has 2 rings (SSSR count). The van der Waals surface area contributed by atoms with E-state index in [0.717, 1.165) is 11.3 Å². The Labute approximate surface area is 127 Å². The topological polar surface area (TPSA) is 35.2 Å². The Morgan fingerprint density at radius 3 is 2.40 bits per heavy atom. The first kappa shape index (κ1) is 16.5. The Bertz CT molecular complexity index is 567. The van der Waals surface area contributed by atoms with Crippen LogP contribution in [0.5, 0.6) is 5.75 Å². The molecular weight excluding hydrogens is 270 g/mol. The molecule has 0 aromatic heterocycles. The van der Waals surface area contributed by atoms with Crippen LogP contribution in [0.25, 0.3) is 11.1 Å². The molecule has 0 spiro atoms. The van der Waals surface area contributed by atoms with Gasteiger partial charge in [-0.05, 0) is 28.7 Å². The van der Waals surface area contributed by atoms with Crippen molar-refractivity contribution in [3.8, 4) is 16.9 Å². The molecule has 3 heteroatoms. The molecular formula is C17H22ClNO. The molecule has 0 aliphatic rings. The monoisotopic (exact) mass is 291 g/mol. The first-order chi connectivity index (χ1) is 9.17. The first-order valence-electron chi connectivity index (χ1n) is 6.63. The van der Waals surface area contributed by atoms with Crippen molar-refractivity contribution < 1.29 is 4.74 Å². The van der Waals surface area contributed by atoms with Crippen LogP contribution in [0.3, 0.4) is 0 Å². The van der Waals surface area contributed by atoms with Crippen molar-refractivity contribution in [3.63, 3.8) is 0 Å². The highest BCUT2D eigenvalue weighted by Crippen LogP contribution is 2.32. The van der Waals surface area contributed by atoms with E-state index in [1.165, 1.54) is 16.7 Å². The fraction of sp³-hybridized carbons (Fsp3) is 0.294. The molecule has 0 saturated heterocycles. The summed E-state index contributed by atoms with van der Waals surface area (Å²) in [6.45, 7) is 4.92. The molecule has 2 N–H and O–H groups in total. The summed E-state index contributed by atoms with van der Waals surface area (Å²) in [6, 6.07) is 14.7. The van der Waals surface area contributed by atoms with Crippen LogP contribution in [0.2, 0.25) is 0 Å². The van der Waals surface area contributed by atoms with Crippen molar-refractivity contribution in [1.29, 1.82) is 0 Å². The maximum atomic E-state index is 5.71. The van der Waals surface area contributed by atoms with Gasteiger partial charge in [0.05, 0.1) is 7.11 Å². The first-order valence-corrected chi connectivity index (χ1v) is 6.63. The van der Waals surface area contributed by atoms with Gasteiger partial charge in [-0.2, -0.15) is 0 Å². The number of hydrogen-bond donors (Lipinski definition) is 1. The minimum atomic E-state index is 0. The summed E-state index contributed by atoms with van der Waals surface area (Å²) in [4.78, 5) is 0. The van der Waals surface area contributed by atoms with Gasteiger partial charge >= 0.3 is 0 Å². The second kappa shape index (κ2) is 7.32. The highest BCUT2D eigenvalue weighted by molar-refractivity contribution is 5.85. The second-order valence-electron chi connectivity index (χ2n) is 4.97. The van der Waals surface area contributed by atoms with Gasteiger partial charge in [0, 0.05) is 12.1 Å². The number of ether oxygens (including phenoxy) is 1. The molecule has 0 radical (unpaired) electrons. The smallest absolute Gasteiger partial charge is 0.123 e. The van der Waals surface area contributed by atoms with Gasteiger partial charge in [0.2, 0.25) is 0 Å². The lowest BCUT2D eigenvalue weighted by molar-refractivity contribution is 0.410. The summed E-state index contributed by atoms with van der Waals surface area (Å²) in [5.74, 6) is 1.36. The van der Waals surface area contributed by atoms with Crippen molar-refractivity contribution in [2.45, 2.75) is 26.3 Å². The van der Waals surface area contributed by atoms with E-state index < -0.39 is 0 Å². The lowest BCUT2D eigenvalue weighted by Gasteiger charge is -2.15. The minimum Gasteiger partial charge on any atom is -0.496 e. The average molecular weight is 292 g/mol. The van der Waals surface area contributed by atoms with E-state index >= 15 is 0 Å². The van der Waals surface area contributed by atoms with E-state index in [1.807, 2.05) is 6.07 Å². The van der Waals surface area contributed by atoms with Gasteiger partial charge in [-0.1, -0.05) is 50.2 Å². The molecule has 0 fully saturated rings. The average Bonchev–Trinajstić information content (AvgIpc) is 2.46. The van der Waals surface area contributed by atoms with E-state index in [-0.39, 0.29) is 12.4 Å². The van der Waals surface area contributed by atoms with Crippen molar-refractivity contribution >= 4 is 12.4 Å². The predicted octanol–water partition coefficient (Wildman–Crippen LogP) is 4.37. The molecule has 0 aliphatic heterocycles. The second-order valence-corrected chi connectivity index (χ2v) is 4.97. The number of benzene rings is 2. The van der Waals surface area contributed by atoms with E-state index in [4.69, 9.17) is 10.5 Å². The van der Waals surface area contributed by atoms with Crippen LogP contribution < -0.4 is 10.5 Å². The summed E-state index contributed by atoms with van der Waals surface area (Å²) in [6.07, 6.45) is 0. The molecule has 2 nitrogen and oxygen atoms in total.